The van der Waals surface area contributed by atoms with Crippen LogP contribution in [0.1, 0.15) is 5.56 Å². The minimum atomic E-state index is 0.0972. The molecular weight excluding hydrogens is 192 g/mol. The monoisotopic (exact) mass is 212 g/mol. The number of nitrogens with zero attached hydrogens (tertiary/aromatic N) is 1. The number of para-hydroxylation sites is 1. The van der Waals surface area contributed by atoms with Gasteiger partial charge in [0.05, 0.1) is 6.61 Å². The normalized spacial score (nSPS) is 9.67. The fraction of sp³-hybridized carbons (Fsp3) is 0.455. The number of rotatable bonds is 3. The van der Waals surface area contributed by atoms with Crippen LogP contribution in [0.2, 0.25) is 0 Å². The molecule has 1 aromatic carbocycles. The second kappa shape index (κ2) is 8.23. The number of aliphatic hydroxyl groups excluding tert-OH is 1. The fourth-order valence-electron chi connectivity index (χ4n) is 0.985. The van der Waals surface area contributed by atoms with Gasteiger partial charge in [0.25, 0.3) is 0 Å². The standard InChI is InChI=1S/C9H13NO.C2H7NO/c1-10(2)7-8-5-3-4-6-9(8)11;3-1-2-4/h3-6,11H,7H2,1-2H3;4H,1-3H2. The van der Waals surface area contributed by atoms with Crippen molar-refractivity contribution >= 4 is 0 Å². The summed E-state index contributed by atoms with van der Waals surface area (Å²) in [5.74, 6) is 0.376. The molecule has 0 fully saturated rings. The van der Waals surface area contributed by atoms with Gasteiger partial charge in [-0.2, -0.15) is 0 Å². The van der Waals surface area contributed by atoms with E-state index < -0.39 is 0 Å². The second-order valence-electron chi connectivity index (χ2n) is 3.38. The Hall–Kier alpha value is -1.10. The summed E-state index contributed by atoms with van der Waals surface area (Å²) in [7, 11) is 3.96. The lowest BCUT2D eigenvalue weighted by molar-refractivity contribution is 0.306. The van der Waals surface area contributed by atoms with E-state index in [0.29, 0.717) is 12.3 Å². The first-order valence-corrected chi connectivity index (χ1v) is 4.84. The number of phenols is 1. The van der Waals surface area contributed by atoms with Crippen LogP contribution in [0.15, 0.2) is 24.3 Å². The molecule has 0 aliphatic rings. The highest BCUT2D eigenvalue weighted by molar-refractivity contribution is 5.31. The van der Waals surface area contributed by atoms with Crippen LogP contribution >= 0.6 is 0 Å². The van der Waals surface area contributed by atoms with Gasteiger partial charge in [-0.15, -0.1) is 0 Å². The molecule has 0 aromatic heterocycles. The third-order valence-electron chi connectivity index (χ3n) is 1.61. The molecule has 4 N–H and O–H groups in total. The number of benzene rings is 1. The summed E-state index contributed by atoms with van der Waals surface area (Å²) in [4.78, 5) is 2.02. The van der Waals surface area contributed by atoms with Gasteiger partial charge in [-0.3, -0.25) is 0 Å². The van der Waals surface area contributed by atoms with Crippen molar-refractivity contribution in [1.82, 2.24) is 4.90 Å². The lowest BCUT2D eigenvalue weighted by atomic mass is 10.2. The molecule has 15 heavy (non-hydrogen) atoms. The van der Waals surface area contributed by atoms with Crippen molar-refractivity contribution in [1.29, 1.82) is 0 Å². The van der Waals surface area contributed by atoms with E-state index in [1.165, 1.54) is 0 Å². The Morgan fingerprint density at radius 3 is 2.20 bits per heavy atom. The largest absolute Gasteiger partial charge is 0.508 e. The Labute approximate surface area is 91.0 Å². The molecule has 4 nitrogen and oxygen atoms in total. The zero-order chi connectivity index (χ0) is 11.7. The Bertz CT molecular complexity index is 263. The number of hydrogen-bond donors (Lipinski definition) is 3. The van der Waals surface area contributed by atoms with Crippen LogP contribution in [-0.2, 0) is 6.54 Å². The summed E-state index contributed by atoms with van der Waals surface area (Å²) in [6.07, 6.45) is 0. The predicted molar refractivity (Wildman–Crippen MR) is 61.6 cm³/mol. The molecule has 0 heterocycles. The van der Waals surface area contributed by atoms with Gasteiger partial charge in [-0.1, -0.05) is 18.2 Å². The first kappa shape index (κ1) is 13.9. The summed E-state index contributed by atoms with van der Waals surface area (Å²) in [5, 5.41) is 17.1. The Balaban J connectivity index is 0.000000423. The SMILES string of the molecule is CN(C)Cc1ccccc1O.NCCO. The van der Waals surface area contributed by atoms with Crippen molar-refractivity contribution in [2.24, 2.45) is 5.73 Å². The van der Waals surface area contributed by atoms with E-state index in [1.807, 2.05) is 37.2 Å². The summed E-state index contributed by atoms with van der Waals surface area (Å²) in [5.41, 5.74) is 5.75. The van der Waals surface area contributed by atoms with Gasteiger partial charge in [-0.05, 0) is 20.2 Å². The molecule has 0 atom stereocenters. The predicted octanol–water partition coefficient (Wildman–Crippen LogP) is 0.391. The van der Waals surface area contributed by atoms with Crippen LogP contribution in [0.4, 0.5) is 0 Å². The highest BCUT2D eigenvalue weighted by Gasteiger charge is 1.98. The minimum Gasteiger partial charge on any atom is -0.508 e. The van der Waals surface area contributed by atoms with Crippen LogP contribution in [-0.4, -0.2) is 42.4 Å². The fourth-order valence-corrected chi connectivity index (χ4v) is 0.985. The number of aliphatic hydroxyl groups is 1. The van der Waals surface area contributed by atoms with Gasteiger partial charge in [0, 0.05) is 18.7 Å². The summed E-state index contributed by atoms with van der Waals surface area (Å²) < 4.78 is 0. The van der Waals surface area contributed by atoms with Crippen molar-refractivity contribution in [2.45, 2.75) is 6.54 Å². The summed E-state index contributed by atoms with van der Waals surface area (Å²) in [6.45, 7) is 1.26. The van der Waals surface area contributed by atoms with Crippen molar-refractivity contribution in [3.8, 4) is 5.75 Å². The van der Waals surface area contributed by atoms with Gasteiger partial charge < -0.3 is 20.8 Å². The maximum Gasteiger partial charge on any atom is 0.120 e. The molecule has 0 bridgehead atoms. The average Bonchev–Trinajstić information content (AvgIpc) is 2.21. The molecule has 0 aliphatic heterocycles. The van der Waals surface area contributed by atoms with Crippen LogP contribution in [0.3, 0.4) is 0 Å². The van der Waals surface area contributed by atoms with Crippen LogP contribution in [0, 0.1) is 0 Å². The van der Waals surface area contributed by atoms with Gasteiger partial charge in [0.2, 0.25) is 0 Å². The van der Waals surface area contributed by atoms with Gasteiger partial charge in [-0.25, -0.2) is 0 Å². The Morgan fingerprint density at radius 1 is 1.27 bits per heavy atom. The summed E-state index contributed by atoms with van der Waals surface area (Å²) in [6, 6.07) is 7.39. The lowest BCUT2D eigenvalue weighted by Crippen LogP contribution is -2.10. The second-order valence-corrected chi connectivity index (χ2v) is 3.38. The number of phenolic OH excluding ortho intramolecular Hbond substituents is 1. The smallest absolute Gasteiger partial charge is 0.120 e. The highest BCUT2D eigenvalue weighted by atomic mass is 16.3. The first-order chi connectivity index (χ1) is 7.11. The molecule has 86 valence electrons. The molecule has 4 heteroatoms. The van der Waals surface area contributed by atoms with E-state index >= 15 is 0 Å². The molecule has 1 aromatic rings. The zero-order valence-corrected chi connectivity index (χ0v) is 9.35. The van der Waals surface area contributed by atoms with E-state index in [-0.39, 0.29) is 6.61 Å². The number of aromatic hydroxyl groups is 1. The maximum atomic E-state index is 9.33. The number of hydrogen-bond acceptors (Lipinski definition) is 4. The van der Waals surface area contributed by atoms with Gasteiger partial charge >= 0.3 is 0 Å². The summed E-state index contributed by atoms with van der Waals surface area (Å²) >= 11 is 0. The molecule has 0 amide bonds. The van der Waals surface area contributed by atoms with E-state index in [1.54, 1.807) is 6.07 Å². The van der Waals surface area contributed by atoms with Crippen LogP contribution in [0.5, 0.6) is 5.75 Å². The minimum absolute atomic E-state index is 0.0972. The molecule has 0 radical (unpaired) electrons. The first-order valence-electron chi connectivity index (χ1n) is 4.84. The van der Waals surface area contributed by atoms with Gasteiger partial charge in [0.1, 0.15) is 5.75 Å². The van der Waals surface area contributed by atoms with Crippen LogP contribution in [0.25, 0.3) is 0 Å². The van der Waals surface area contributed by atoms with Crippen molar-refractivity contribution in [2.75, 3.05) is 27.2 Å². The highest BCUT2D eigenvalue weighted by Crippen LogP contribution is 2.16. The van der Waals surface area contributed by atoms with E-state index in [9.17, 15) is 5.11 Å². The molecular formula is C11H20N2O2. The number of nitrogens with two attached hydrogens (primary N) is 1. The van der Waals surface area contributed by atoms with E-state index in [2.05, 4.69) is 0 Å². The molecule has 1 rings (SSSR count). The Kier molecular flexibility index (Phi) is 7.62. The zero-order valence-electron chi connectivity index (χ0n) is 9.35. The van der Waals surface area contributed by atoms with Crippen molar-refractivity contribution < 1.29 is 10.2 Å². The van der Waals surface area contributed by atoms with Gasteiger partial charge in [0.15, 0.2) is 0 Å². The average molecular weight is 212 g/mol. The molecule has 0 spiro atoms. The topological polar surface area (TPSA) is 69.7 Å². The molecule has 0 aliphatic carbocycles. The van der Waals surface area contributed by atoms with Crippen molar-refractivity contribution in [3.05, 3.63) is 29.8 Å². The third kappa shape index (κ3) is 6.90. The van der Waals surface area contributed by atoms with E-state index in [4.69, 9.17) is 10.8 Å². The Morgan fingerprint density at radius 2 is 1.80 bits per heavy atom. The molecule has 0 unspecified atom stereocenters. The van der Waals surface area contributed by atoms with Crippen LogP contribution < -0.4 is 5.73 Å². The van der Waals surface area contributed by atoms with E-state index in [0.717, 1.165) is 12.1 Å². The quantitative estimate of drug-likeness (QED) is 0.678. The van der Waals surface area contributed by atoms with Crippen molar-refractivity contribution in [3.63, 3.8) is 0 Å². The lowest BCUT2D eigenvalue weighted by Gasteiger charge is -2.10. The molecule has 0 saturated heterocycles. The maximum absolute atomic E-state index is 9.33. The third-order valence-corrected chi connectivity index (χ3v) is 1.61. The molecule has 0 saturated carbocycles.